The van der Waals surface area contributed by atoms with Crippen molar-refractivity contribution in [3.05, 3.63) is 70.1 Å². The Kier molecular flexibility index (Phi) is 3.47. The molecule has 0 bridgehead atoms. The summed E-state index contributed by atoms with van der Waals surface area (Å²) in [6, 6.07) is 12.5. The number of fused-ring (bicyclic) bond motifs is 1. The minimum atomic E-state index is -0.454. The van der Waals surface area contributed by atoms with E-state index in [1.165, 1.54) is 0 Å². The molecular formula is C17H15N3O2. The van der Waals surface area contributed by atoms with Crippen LogP contribution in [0.2, 0.25) is 0 Å². The second kappa shape index (κ2) is 5.44. The molecule has 0 atom stereocenters. The molecule has 0 radical (unpaired) electrons. The average Bonchev–Trinajstić information content (AvgIpc) is 2.51. The topological polar surface area (TPSA) is 64.0 Å². The van der Waals surface area contributed by atoms with Gasteiger partial charge in [0, 0.05) is 24.3 Å². The maximum Gasteiger partial charge on any atom is 0.262 e. The largest absolute Gasteiger partial charge is 0.350 e. The van der Waals surface area contributed by atoms with Gasteiger partial charge in [0.15, 0.2) is 0 Å². The fourth-order valence-corrected chi connectivity index (χ4v) is 2.40. The van der Waals surface area contributed by atoms with Crippen molar-refractivity contribution in [2.75, 3.05) is 5.32 Å². The lowest BCUT2D eigenvalue weighted by atomic mass is 10.1. The van der Waals surface area contributed by atoms with Gasteiger partial charge in [0.25, 0.3) is 5.91 Å². The summed E-state index contributed by atoms with van der Waals surface area (Å²) in [5.74, 6) is -0.0235. The van der Waals surface area contributed by atoms with Gasteiger partial charge in [-0.25, -0.2) is 4.98 Å². The highest BCUT2D eigenvalue weighted by Crippen LogP contribution is 2.11. The molecule has 1 N–H and O–H groups in total. The number of carbonyl (C=O) groups excluding carboxylic acids is 1. The van der Waals surface area contributed by atoms with Crippen LogP contribution in [-0.2, 0) is 7.05 Å². The fraction of sp³-hybridized carbons (Fsp3) is 0.118. The van der Waals surface area contributed by atoms with Gasteiger partial charge in [0.1, 0.15) is 11.4 Å². The quantitative estimate of drug-likeness (QED) is 0.789. The van der Waals surface area contributed by atoms with Crippen molar-refractivity contribution >= 4 is 22.6 Å². The summed E-state index contributed by atoms with van der Waals surface area (Å²) >= 11 is 0. The molecule has 0 saturated heterocycles. The lowest BCUT2D eigenvalue weighted by Gasteiger charge is -2.09. The molecule has 5 heteroatoms. The van der Waals surface area contributed by atoms with Crippen LogP contribution in [0.15, 0.2) is 53.5 Å². The Bertz CT molecular complexity index is 929. The van der Waals surface area contributed by atoms with Crippen LogP contribution in [-0.4, -0.2) is 15.5 Å². The normalized spacial score (nSPS) is 10.6. The van der Waals surface area contributed by atoms with Crippen molar-refractivity contribution in [3.8, 4) is 0 Å². The van der Waals surface area contributed by atoms with Crippen LogP contribution in [0.5, 0.6) is 0 Å². The number of para-hydroxylation sites is 1. The average molecular weight is 293 g/mol. The molecule has 5 nitrogen and oxygen atoms in total. The van der Waals surface area contributed by atoms with Crippen LogP contribution in [0.3, 0.4) is 0 Å². The van der Waals surface area contributed by atoms with Gasteiger partial charge in [-0.2, -0.15) is 0 Å². The van der Waals surface area contributed by atoms with E-state index < -0.39 is 5.91 Å². The Morgan fingerprint density at radius 2 is 1.91 bits per heavy atom. The molecule has 2 aromatic heterocycles. The van der Waals surface area contributed by atoms with Gasteiger partial charge < -0.3 is 9.88 Å². The zero-order valence-corrected chi connectivity index (χ0v) is 12.3. The first-order valence-electron chi connectivity index (χ1n) is 6.89. The number of benzene rings is 1. The third-order valence-electron chi connectivity index (χ3n) is 3.47. The first-order valence-corrected chi connectivity index (χ1v) is 6.89. The molecule has 0 saturated carbocycles. The van der Waals surface area contributed by atoms with E-state index in [-0.39, 0.29) is 11.0 Å². The summed E-state index contributed by atoms with van der Waals surface area (Å²) in [6.07, 6.45) is 1.55. The summed E-state index contributed by atoms with van der Waals surface area (Å²) in [5, 5.41) is 3.19. The van der Waals surface area contributed by atoms with Crippen molar-refractivity contribution in [1.29, 1.82) is 0 Å². The first kappa shape index (κ1) is 14.0. The third kappa shape index (κ3) is 2.48. The number of aryl methyl sites for hydroxylation is 2. The molecule has 110 valence electrons. The predicted molar refractivity (Wildman–Crippen MR) is 86.1 cm³/mol. The van der Waals surface area contributed by atoms with Gasteiger partial charge in [-0.15, -0.1) is 0 Å². The van der Waals surface area contributed by atoms with E-state index in [1.807, 2.05) is 32.2 Å². The number of anilines is 1. The molecule has 3 rings (SSSR count). The van der Waals surface area contributed by atoms with Crippen molar-refractivity contribution in [2.24, 2.45) is 7.05 Å². The van der Waals surface area contributed by atoms with E-state index in [9.17, 15) is 9.59 Å². The first-order chi connectivity index (χ1) is 10.6. The molecule has 2 heterocycles. The van der Waals surface area contributed by atoms with E-state index >= 15 is 0 Å². The third-order valence-corrected chi connectivity index (χ3v) is 3.47. The van der Waals surface area contributed by atoms with Crippen LogP contribution in [0.1, 0.15) is 16.1 Å². The molecule has 22 heavy (non-hydrogen) atoms. The summed E-state index contributed by atoms with van der Waals surface area (Å²) in [7, 11) is 1.81. The monoisotopic (exact) mass is 293 g/mol. The molecule has 0 unspecified atom stereocenters. The summed E-state index contributed by atoms with van der Waals surface area (Å²) in [4.78, 5) is 29.1. The molecule has 0 fully saturated rings. The van der Waals surface area contributed by atoms with E-state index in [0.717, 1.165) is 11.2 Å². The van der Waals surface area contributed by atoms with E-state index in [4.69, 9.17) is 0 Å². The number of pyridine rings is 2. The Hall–Kier alpha value is -2.95. The number of rotatable bonds is 2. The fourth-order valence-electron chi connectivity index (χ4n) is 2.40. The highest BCUT2D eigenvalue weighted by Gasteiger charge is 2.14. The Morgan fingerprint density at radius 1 is 1.14 bits per heavy atom. The Balaban J connectivity index is 2.05. The molecule has 1 aromatic carbocycles. The smallest absolute Gasteiger partial charge is 0.262 e. The van der Waals surface area contributed by atoms with Crippen LogP contribution >= 0.6 is 0 Å². The number of nitrogens with one attached hydrogen (secondary N) is 1. The molecule has 1 amide bonds. The predicted octanol–water partition coefficient (Wildman–Crippen LogP) is 2.49. The maximum atomic E-state index is 12.5. The van der Waals surface area contributed by atoms with Gasteiger partial charge in [-0.05, 0) is 31.2 Å². The number of hydrogen-bond donors (Lipinski definition) is 1. The molecule has 0 spiro atoms. The molecule has 0 aliphatic heterocycles. The molecular weight excluding hydrogens is 278 g/mol. The van der Waals surface area contributed by atoms with Gasteiger partial charge in [0.05, 0.1) is 5.52 Å². The standard InChI is InChI=1S/C17H15N3O2/c1-11-6-5-9-15(18-11)19-17(22)13-10-20(2)14-8-4-3-7-12(14)16(13)21/h3-10H,1-2H3,(H,18,19,22). The van der Waals surface area contributed by atoms with Gasteiger partial charge in [-0.1, -0.05) is 18.2 Å². The molecule has 0 aliphatic rings. The highest BCUT2D eigenvalue weighted by atomic mass is 16.2. The second-order valence-corrected chi connectivity index (χ2v) is 5.12. The van der Waals surface area contributed by atoms with Crippen LogP contribution < -0.4 is 10.7 Å². The lowest BCUT2D eigenvalue weighted by molar-refractivity contribution is 0.102. The number of aromatic nitrogens is 2. The molecule has 3 aromatic rings. The van der Waals surface area contributed by atoms with Crippen LogP contribution in [0, 0.1) is 6.92 Å². The highest BCUT2D eigenvalue weighted by molar-refractivity contribution is 6.05. The summed E-state index contributed by atoms with van der Waals surface area (Å²) in [6.45, 7) is 1.84. The van der Waals surface area contributed by atoms with E-state index in [2.05, 4.69) is 10.3 Å². The summed E-state index contributed by atoms with van der Waals surface area (Å²) < 4.78 is 1.77. The van der Waals surface area contributed by atoms with Crippen molar-refractivity contribution in [1.82, 2.24) is 9.55 Å². The number of nitrogens with zero attached hydrogens (tertiary/aromatic N) is 2. The van der Waals surface area contributed by atoms with E-state index in [0.29, 0.717) is 11.2 Å². The van der Waals surface area contributed by atoms with Gasteiger partial charge in [-0.3, -0.25) is 9.59 Å². The van der Waals surface area contributed by atoms with Crippen molar-refractivity contribution in [2.45, 2.75) is 6.92 Å². The molecule has 0 aliphatic carbocycles. The van der Waals surface area contributed by atoms with Crippen molar-refractivity contribution < 1.29 is 4.79 Å². The van der Waals surface area contributed by atoms with Gasteiger partial charge >= 0.3 is 0 Å². The minimum absolute atomic E-state index is 0.101. The SMILES string of the molecule is Cc1cccc(NC(=O)c2cn(C)c3ccccc3c2=O)n1. The second-order valence-electron chi connectivity index (χ2n) is 5.12. The zero-order valence-electron chi connectivity index (χ0n) is 12.3. The number of carbonyl (C=O) groups is 1. The maximum absolute atomic E-state index is 12.5. The van der Waals surface area contributed by atoms with Crippen LogP contribution in [0.25, 0.3) is 10.9 Å². The number of amides is 1. The summed E-state index contributed by atoms with van der Waals surface area (Å²) in [5.41, 5.74) is 1.41. The zero-order chi connectivity index (χ0) is 15.7. The van der Waals surface area contributed by atoms with Crippen molar-refractivity contribution in [3.63, 3.8) is 0 Å². The Morgan fingerprint density at radius 3 is 2.68 bits per heavy atom. The lowest BCUT2D eigenvalue weighted by Crippen LogP contribution is -2.23. The number of hydrogen-bond acceptors (Lipinski definition) is 3. The van der Waals surface area contributed by atoms with E-state index in [1.54, 1.807) is 35.0 Å². The van der Waals surface area contributed by atoms with Gasteiger partial charge in [0.2, 0.25) is 5.43 Å². The van der Waals surface area contributed by atoms with Crippen LogP contribution in [0.4, 0.5) is 5.82 Å². The Labute approximate surface area is 127 Å². The minimum Gasteiger partial charge on any atom is -0.350 e.